The first-order valence-corrected chi connectivity index (χ1v) is 8.50. The van der Waals surface area contributed by atoms with Crippen LogP contribution in [0.3, 0.4) is 0 Å². The molecule has 1 aliphatic rings. The van der Waals surface area contributed by atoms with Crippen molar-refractivity contribution in [2.24, 2.45) is 0 Å². The van der Waals surface area contributed by atoms with Crippen LogP contribution in [0.5, 0.6) is 0 Å². The van der Waals surface area contributed by atoms with E-state index in [0.717, 1.165) is 19.6 Å². The highest BCUT2D eigenvalue weighted by Gasteiger charge is 2.21. The third-order valence-corrected chi connectivity index (χ3v) is 4.97. The maximum absolute atomic E-state index is 3.60. The van der Waals surface area contributed by atoms with E-state index in [1.54, 1.807) is 0 Å². The number of hydrogen-bond donors (Lipinski definition) is 1. The summed E-state index contributed by atoms with van der Waals surface area (Å²) in [5, 5.41) is 3.43. The van der Waals surface area contributed by atoms with Crippen molar-refractivity contribution in [3.05, 3.63) is 28.2 Å². The highest BCUT2D eigenvalue weighted by molar-refractivity contribution is 9.10. The fraction of sp³-hybridized carbons (Fsp3) is 0.571. The summed E-state index contributed by atoms with van der Waals surface area (Å²) in [5.74, 6) is 2.46. The lowest BCUT2D eigenvalue weighted by molar-refractivity contribution is 0.681. The van der Waals surface area contributed by atoms with Gasteiger partial charge < -0.3 is 10.2 Å². The van der Waals surface area contributed by atoms with E-state index in [2.05, 4.69) is 70.0 Å². The van der Waals surface area contributed by atoms with Crippen LogP contribution in [0.25, 0.3) is 0 Å². The lowest BCUT2D eigenvalue weighted by Crippen LogP contribution is -2.41. The van der Waals surface area contributed by atoms with Crippen LogP contribution in [0.15, 0.2) is 22.7 Å². The molecule has 2 rings (SSSR count). The van der Waals surface area contributed by atoms with Gasteiger partial charge >= 0.3 is 0 Å². The van der Waals surface area contributed by atoms with Gasteiger partial charge in [-0.1, -0.05) is 28.9 Å². The van der Waals surface area contributed by atoms with Crippen molar-refractivity contribution in [2.45, 2.75) is 26.4 Å². The molecular formula is C14H21BrN2S. The maximum atomic E-state index is 3.60. The number of hydrogen-bond acceptors (Lipinski definition) is 3. The molecule has 1 aromatic rings. The summed E-state index contributed by atoms with van der Waals surface area (Å²) in [6, 6.07) is 7.26. The van der Waals surface area contributed by atoms with E-state index >= 15 is 0 Å². The van der Waals surface area contributed by atoms with Gasteiger partial charge in [-0.05, 0) is 31.2 Å². The molecule has 1 unspecified atom stereocenters. The predicted molar refractivity (Wildman–Crippen MR) is 85.7 cm³/mol. The van der Waals surface area contributed by atoms with E-state index in [0.29, 0.717) is 6.04 Å². The lowest BCUT2D eigenvalue weighted by atomic mass is 10.1. The molecule has 1 N–H and O–H groups in total. The van der Waals surface area contributed by atoms with Crippen molar-refractivity contribution < 1.29 is 0 Å². The largest absolute Gasteiger partial charge is 0.367 e. The van der Waals surface area contributed by atoms with Crippen LogP contribution in [0, 0.1) is 0 Å². The van der Waals surface area contributed by atoms with Gasteiger partial charge in [-0.25, -0.2) is 0 Å². The quantitative estimate of drug-likeness (QED) is 0.910. The Morgan fingerprint density at radius 3 is 3.06 bits per heavy atom. The topological polar surface area (TPSA) is 15.3 Å². The van der Waals surface area contributed by atoms with E-state index in [4.69, 9.17) is 0 Å². The van der Waals surface area contributed by atoms with Crippen molar-refractivity contribution in [1.29, 1.82) is 0 Å². The van der Waals surface area contributed by atoms with E-state index in [9.17, 15) is 0 Å². The summed E-state index contributed by atoms with van der Waals surface area (Å²) in [6.07, 6.45) is 0. The van der Waals surface area contributed by atoms with Gasteiger partial charge in [0.1, 0.15) is 0 Å². The van der Waals surface area contributed by atoms with Crippen LogP contribution in [0.2, 0.25) is 0 Å². The number of anilines is 1. The Kier molecular flexibility index (Phi) is 5.39. The van der Waals surface area contributed by atoms with Crippen LogP contribution in [0.1, 0.15) is 19.4 Å². The monoisotopic (exact) mass is 328 g/mol. The molecule has 1 heterocycles. The van der Waals surface area contributed by atoms with Gasteiger partial charge in [0.25, 0.3) is 0 Å². The molecule has 1 aromatic carbocycles. The van der Waals surface area contributed by atoms with E-state index < -0.39 is 0 Å². The molecule has 0 amide bonds. The van der Waals surface area contributed by atoms with Crippen LogP contribution < -0.4 is 10.2 Å². The van der Waals surface area contributed by atoms with Gasteiger partial charge in [0, 0.05) is 40.8 Å². The Balaban J connectivity index is 2.25. The average Bonchev–Trinajstić information content (AvgIpc) is 2.38. The molecule has 1 aliphatic heterocycles. The molecule has 1 fully saturated rings. The van der Waals surface area contributed by atoms with Gasteiger partial charge in [-0.15, -0.1) is 0 Å². The first kappa shape index (κ1) is 14.2. The van der Waals surface area contributed by atoms with Crippen molar-refractivity contribution >= 4 is 33.4 Å². The zero-order valence-electron chi connectivity index (χ0n) is 11.1. The zero-order chi connectivity index (χ0) is 13.0. The van der Waals surface area contributed by atoms with Crippen LogP contribution >= 0.6 is 27.7 Å². The summed E-state index contributed by atoms with van der Waals surface area (Å²) in [4.78, 5) is 2.55. The summed E-state index contributed by atoms with van der Waals surface area (Å²) < 4.78 is 1.17. The first-order chi connectivity index (χ1) is 8.72. The van der Waals surface area contributed by atoms with Crippen LogP contribution in [-0.4, -0.2) is 30.6 Å². The Morgan fingerprint density at radius 2 is 2.33 bits per heavy atom. The minimum atomic E-state index is 0.624. The Labute approximate surface area is 123 Å². The van der Waals surface area contributed by atoms with Crippen molar-refractivity contribution in [2.75, 3.05) is 29.5 Å². The molecule has 4 heteroatoms. The van der Waals surface area contributed by atoms with Gasteiger partial charge in [0.05, 0.1) is 0 Å². The highest BCUT2D eigenvalue weighted by Crippen LogP contribution is 2.30. The van der Waals surface area contributed by atoms with Crippen molar-refractivity contribution in [3.8, 4) is 0 Å². The number of benzene rings is 1. The summed E-state index contributed by atoms with van der Waals surface area (Å²) >= 11 is 5.66. The Bertz CT molecular complexity index is 397. The van der Waals surface area contributed by atoms with E-state index in [1.807, 2.05) is 0 Å². The number of thioether (sulfide) groups is 1. The second-order valence-electron chi connectivity index (χ2n) is 4.67. The Morgan fingerprint density at radius 1 is 1.50 bits per heavy atom. The van der Waals surface area contributed by atoms with Crippen LogP contribution in [-0.2, 0) is 6.54 Å². The number of rotatable bonds is 4. The molecule has 0 aliphatic carbocycles. The van der Waals surface area contributed by atoms with Gasteiger partial charge in [-0.2, -0.15) is 11.8 Å². The summed E-state index contributed by atoms with van der Waals surface area (Å²) in [5.41, 5.74) is 2.79. The average molecular weight is 329 g/mol. The minimum absolute atomic E-state index is 0.624. The second-order valence-corrected chi connectivity index (χ2v) is 6.74. The molecule has 1 atom stereocenters. The molecule has 0 radical (unpaired) electrons. The van der Waals surface area contributed by atoms with Crippen LogP contribution in [0.4, 0.5) is 5.69 Å². The SMILES string of the molecule is CCNCc1ccc(Br)cc1N1CCSCC1C. The molecule has 0 bridgehead atoms. The number of halogens is 1. The molecule has 1 saturated heterocycles. The minimum Gasteiger partial charge on any atom is -0.367 e. The van der Waals surface area contributed by atoms with E-state index in [-0.39, 0.29) is 0 Å². The second kappa shape index (κ2) is 6.83. The highest BCUT2D eigenvalue weighted by atomic mass is 79.9. The predicted octanol–water partition coefficient (Wildman–Crippen LogP) is 3.50. The Hall–Kier alpha value is -0.190. The van der Waals surface area contributed by atoms with Gasteiger partial charge in [0.15, 0.2) is 0 Å². The summed E-state index contributed by atoms with van der Waals surface area (Å²) in [6.45, 7) is 7.60. The fourth-order valence-electron chi connectivity index (χ4n) is 2.30. The molecular weight excluding hydrogens is 308 g/mol. The molecule has 0 aromatic heterocycles. The van der Waals surface area contributed by atoms with Gasteiger partial charge in [0.2, 0.25) is 0 Å². The van der Waals surface area contributed by atoms with E-state index in [1.165, 1.54) is 27.2 Å². The number of nitrogens with zero attached hydrogens (tertiary/aromatic N) is 1. The van der Waals surface area contributed by atoms with Crippen molar-refractivity contribution in [3.63, 3.8) is 0 Å². The van der Waals surface area contributed by atoms with Crippen molar-refractivity contribution in [1.82, 2.24) is 5.32 Å². The molecule has 2 nitrogen and oxygen atoms in total. The fourth-order valence-corrected chi connectivity index (χ4v) is 3.66. The normalized spacial score (nSPS) is 20.2. The standard InChI is InChI=1S/C14H21BrN2S/c1-3-16-9-12-4-5-13(15)8-14(12)17-6-7-18-10-11(17)2/h4-5,8,11,16H,3,6-7,9-10H2,1-2H3. The third-order valence-electron chi connectivity index (χ3n) is 3.29. The molecule has 18 heavy (non-hydrogen) atoms. The summed E-state index contributed by atoms with van der Waals surface area (Å²) in [7, 11) is 0. The maximum Gasteiger partial charge on any atom is 0.0426 e. The third kappa shape index (κ3) is 3.43. The van der Waals surface area contributed by atoms with Gasteiger partial charge in [-0.3, -0.25) is 0 Å². The lowest BCUT2D eigenvalue weighted by Gasteiger charge is -2.36. The molecule has 0 spiro atoms. The molecule has 0 saturated carbocycles. The smallest absolute Gasteiger partial charge is 0.0426 e. The first-order valence-electron chi connectivity index (χ1n) is 6.56. The molecule has 100 valence electrons. The zero-order valence-corrected chi connectivity index (χ0v) is 13.5. The number of nitrogens with one attached hydrogen (secondary N) is 1.